The van der Waals surface area contributed by atoms with Gasteiger partial charge in [-0.05, 0) is 0 Å². The molecule has 0 aliphatic rings. The van der Waals surface area contributed by atoms with Crippen LogP contribution in [0.5, 0.6) is 0 Å². The molecule has 0 aliphatic carbocycles. The van der Waals surface area contributed by atoms with Gasteiger partial charge in [0.25, 0.3) is 0 Å². The third kappa shape index (κ3) is 8.49. The fraction of sp³-hybridized carbons (Fsp3) is 1.00. The molecule has 0 fully saturated rings. The molecule has 0 aromatic rings. The van der Waals surface area contributed by atoms with Crippen LogP contribution in [0.3, 0.4) is 0 Å². The van der Waals surface area contributed by atoms with E-state index in [2.05, 4.69) is 20.8 Å². The van der Waals surface area contributed by atoms with E-state index in [1.807, 2.05) is 0 Å². The molecule has 0 rings (SSSR count). The number of hydrogen-bond acceptors (Lipinski definition) is 1. The molecule has 0 aromatic carbocycles. The summed E-state index contributed by atoms with van der Waals surface area (Å²) in [5.74, 6) is 0. The van der Waals surface area contributed by atoms with Crippen molar-refractivity contribution in [3.8, 4) is 0 Å². The van der Waals surface area contributed by atoms with Gasteiger partial charge in [-0.15, -0.1) is 0 Å². The molecule has 0 unspecified atom stereocenters. The van der Waals surface area contributed by atoms with Gasteiger partial charge in [-0.25, -0.2) is 0 Å². The molecule has 0 aromatic heterocycles. The zero-order valence-electron chi connectivity index (χ0n) is 6.68. The van der Waals surface area contributed by atoms with Crippen LogP contribution in [0.25, 0.3) is 0 Å². The van der Waals surface area contributed by atoms with Gasteiger partial charge in [-0.3, -0.25) is 0 Å². The zero-order valence-corrected chi connectivity index (χ0v) is 7.84. The Kier molecular flexibility index (Phi) is 6.97. The van der Waals surface area contributed by atoms with E-state index in [9.17, 15) is 0 Å². The first-order valence-electron chi connectivity index (χ1n) is 3.74. The molecule has 0 bridgehead atoms. The first-order chi connectivity index (χ1) is 4.27. The average Bonchev–Trinajstić information content (AvgIpc) is 1.80. The Balaban J connectivity index is 2.75. The molecular weight excluding hydrogens is 127 g/mol. The summed E-state index contributed by atoms with van der Waals surface area (Å²) in [6.45, 7) is 6.41. The molecule has 1 nitrogen and oxygen atoms in total. The maximum absolute atomic E-state index is 5.43. The molecule has 0 N–H and O–H groups in total. The van der Waals surface area contributed by atoms with Crippen LogP contribution in [0.4, 0.5) is 0 Å². The van der Waals surface area contributed by atoms with E-state index in [0.29, 0.717) is 6.10 Å². The number of hydrogen-bond donors (Lipinski definition) is 0. The Morgan fingerprint density at radius 2 is 2.11 bits per heavy atom. The number of unbranched alkanes of at least 4 members (excludes halogenated alkanes) is 1. The summed E-state index contributed by atoms with van der Waals surface area (Å²) in [4.78, 5) is 0. The van der Waals surface area contributed by atoms with Gasteiger partial charge < -0.3 is 0 Å². The van der Waals surface area contributed by atoms with Crippen LogP contribution in [-0.4, -0.2) is 21.7 Å². The van der Waals surface area contributed by atoms with Crippen LogP contribution in [0.2, 0.25) is 5.28 Å². The minimum atomic E-state index is 0.286. The molecule has 0 amide bonds. The molecular formula is C7H16AlO+. The monoisotopic (exact) mass is 143 g/mol. The molecule has 0 heterocycles. The third-order valence-electron chi connectivity index (χ3n) is 1.04. The Morgan fingerprint density at radius 3 is 2.56 bits per heavy atom. The van der Waals surface area contributed by atoms with E-state index in [1.54, 1.807) is 0 Å². The van der Waals surface area contributed by atoms with Crippen molar-refractivity contribution in [3.63, 3.8) is 0 Å². The predicted octanol–water partition coefficient (Wildman–Crippen LogP) is 2.25. The molecule has 0 saturated heterocycles. The van der Waals surface area contributed by atoms with Crippen LogP contribution >= 0.6 is 0 Å². The fourth-order valence-corrected chi connectivity index (χ4v) is 1.64. The molecule has 0 saturated carbocycles. The van der Waals surface area contributed by atoms with Gasteiger partial charge in [0.1, 0.15) is 0 Å². The summed E-state index contributed by atoms with van der Waals surface area (Å²) in [6.07, 6.45) is 3.08. The fourth-order valence-electron chi connectivity index (χ4n) is 0.548. The van der Waals surface area contributed by atoms with Crippen LogP contribution < -0.4 is 0 Å². The van der Waals surface area contributed by atoms with E-state index in [-0.39, 0.29) is 15.6 Å². The van der Waals surface area contributed by atoms with Crippen molar-refractivity contribution in [1.82, 2.24) is 0 Å². The third-order valence-corrected chi connectivity index (χ3v) is 2.42. The SMILES string of the molecule is CCC[CH2][Al+][O]C(C)C. The zero-order chi connectivity index (χ0) is 7.11. The molecule has 0 aliphatic heterocycles. The molecule has 2 heteroatoms. The quantitative estimate of drug-likeness (QED) is 0.423. The first kappa shape index (κ1) is 9.49. The average molecular weight is 143 g/mol. The second-order valence-electron chi connectivity index (χ2n) is 2.49. The number of rotatable bonds is 5. The second-order valence-corrected chi connectivity index (χ2v) is 3.68. The normalized spacial score (nSPS) is 9.78. The van der Waals surface area contributed by atoms with Crippen LogP contribution in [0.1, 0.15) is 33.6 Å². The van der Waals surface area contributed by atoms with Gasteiger partial charge >= 0.3 is 64.3 Å². The standard InChI is InChI=1S/C4H9.C3H7O.Al/c1-3-4-2;1-3(2)4;/h1,3-4H2,2H3;3H,1-2H3;/q;-1;+2. The van der Waals surface area contributed by atoms with Crippen LogP contribution in [0.15, 0.2) is 0 Å². The van der Waals surface area contributed by atoms with Gasteiger partial charge in [0.05, 0.1) is 0 Å². The van der Waals surface area contributed by atoms with Gasteiger partial charge in [-0.2, -0.15) is 0 Å². The van der Waals surface area contributed by atoms with E-state index in [1.165, 1.54) is 18.1 Å². The topological polar surface area (TPSA) is 9.23 Å². The van der Waals surface area contributed by atoms with Gasteiger partial charge in [0.2, 0.25) is 0 Å². The van der Waals surface area contributed by atoms with Crippen molar-refractivity contribution in [2.45, 2.75) is 45.0 Å². The molecule has 9 heavy (non-hydrogen) atoms. The summed E-state index contributed by atoms with van der Waals surface area (Å²) in [5.41, 5.74) is 0. The van der Waals surface area contributed by atoms with Crippen LogP contribution in [-0.2, 0) is 3.79 Å². The van der Waals surface area contributed by atoms with Gasteiger partial charge in [0, 0.05) is 0 Å². The summed E-state index contributed by atoms with van der Waals surface area (Å²) in [7, 11) is 0. The summed E-state index contributed by atoms with van der Waals surface area (Å²) in [6, 6.07) is 0. The summed E-state index contributed by atoms with van der Waals surface area (Å²) < 4.78 is 5.43. The Hall–Kier alpha value is 0.492. The Labute approximate surface area is 64.8 Å². The summed E-state index contributed by atoms with van der Waals surface area (Å²) >= 11 is 0.286. The first-order valence-corrected chi connectivity index (χ1v) is 5.03. The molecule has 52 valence electrons. The van der Waals surface area contributed by atoms with Crippen molar-refractivity contribution in [1.29, 1.82) is 0 Å². The van der Waals surface area contributed by atoms with E-state index < -0.39 is 0 Å². The molecule has 0 radical (unpaired) electrons. The second kappa shape index (κ2) is 6.61. The van der Waals surface area contributed by atoms with E-state index in [4.69, 9.17) is 3.79 Å². The molecule has 0 spiro atoms. The Bertz CT molecular complexity index is 54.9. The van der Waals surface area contributed by atoms with Crippen molar-refractivity contribution >= 4 is 15.6 Å². The van der Waals surface area contributed by atoms with Crippen molar-refractivity contribution < 1.29 is 3.79 Å². The van der Waals surface area contributed by atoms with Crippen molar-refractivity contribution in [3.05, 3.63) is 0 Å². The van der Waals surface area contributed by atoms with Gasteiger partial charge in [-0.1, -0.05) is 0 Å². The van der Waals surface area contributed by atoms with E-state index >= 15 is 0 Å². The van der Waals surface area contributed by atoms with Crippen molar-refractivity contribution in [2.24, 2.45) is 0 Å². The van der Waals surface area contributed by atoms with Crippen LogP contribution in [0, 0.1) is 0 Å². The van der Waals surface area contributed by atoms with E-state index in [0.717, 1.165) is 0 Å². The minimum absolute atomic E-state index is 0.286. The molecule has 0 atom stereocenters. The summed E-state index contributed by atoms with van der Waals surface area (Å²) in [5, 5.41) is 1.30. The Morgan fingerprint density at radius 1 is 1.44 bits per heavy atom. The van der Waals surface area contributed by atoms with Crippen molar-refractivity contribution in [2.75, 3.05) is 0 Å². The predicted molar refractivity (Wildman–Crippen MR) is 41.7 cm³/mol. The van der Waals surface area contributed by atoms with Gasteiger partial charge in [0.15, 0.2) is 0 Å². The maximum atomic E-state index is 5.43.